The fraction of sp³-hybridized carbons (Fsp3) is 0.938. The van der Waals surface area contributed by atoms with Crippen LogP contribution in [-0.2, 0) is 9.53 Å². The number of carbonyl (C=O) groups excluding carboxylic acids is 1. The highest BCUT2D eigenvalue weighted by molar-refractivity contribution is 5.76. The maximum absolute atomic E-state index is 12.3. The van der Waals surface area contributed by atoms with E-state index < -0.39 is 0 Å². The molecule has 1 saturated heterocycles. The van der Waals surface area contributed by atoms with Crippen molar-refractivity contribution in [2.24, 2.45) is 11.8 Å². The molecule has 2 aliphatic carbocycles. The Bertz CT molecular complexity index is 317. The standard InChI is InChI=1S/C16H27NO2/c1-11-5-4-7-13(9-11)19-16(18)15-10-12-6-2-3-8-14(12)17-15/h11-15,17H,2-10H2,1H3. The second-order valence-electron chi connectivity index (χ2n) is 6.94. The Kier molecular flexibility index (Phi) is 4.11. The molecule has 3 rings (SSSR count). The van der Waals surface area contributed by atoms with Crippen LogP contribution in [0, 0.1) is 11.8 Å². The van der Waals surface area contributed by atoms with Crippen LogP contribution in [-0.4, -0.2) is 24.2 Å². The molecule has 0 spiro atoms. The van der Waals surface area contributed by atoms with Crippen LogP contribution in [0.2, 0.25) is 0 Å². The van der Waals surface area contributed by atoms with Gasteiger partial charge in [-0.2, -0.15) is 0 Å². The van der Waals surface area contributed by atoms with Crippen molar-refractivity contribution in [1.82, 2.24) is 5.32 Å². The molecule has 0 aromatic rings. The van der Waals surface area contributed by atoms with Crippen LogP contribution in [0.1, 0.15) is 64.7 Å². The van der Waals surface area contributed by atoms with E-state index in [0.29, 0.717) is 12.0 Å². The second kappa shape index (κ2) is 5.82. The third-order valence-corrected chi connectivity index (χ3v) is 5.32. The molecule has 0 aromatic carbocycles. The van der Waals surface area contributed by atoms with Gasteiger partial charge in [0.15, 0.2) is 0 Å². The number of ether oxygens (including phenoxy) is 1. The third-order valence-electron chi connectivity index (χ3n) is 5.32. The van der Waals surface area contributed by atoms with Crippen LogP contribution in [0.3, 0.4) is 0 Å². The number of nitrogens with one attached hydrogen (secondary N) is 1. The molecule has 3 aliphatic rings. The monoisotopic (exact) mass is 265 g/mol. The molecule has 1 heterocycles. The van der Waals surface area contributed by atoms with Crippen molar-refractivity contribution in [2.45, 2.75) is 82.9 Å². The van der Waals surface area contributed by atoms with Crippen LogP contribution in [0.4, 0.5) is 0 Å². The van der Waals surface area contributed by atoms with Gasteiger partial charge >= 0.3 is 5.97 Å². The Morgan fingerprint density at radius 1 is 1.05 bits per heavy atom. The molecule has 5 atom stereocenters. The van der Waals surface area contributed by atoms with E-state index in [2.05, 4.69) is 12.2 Å². The maximum Gasteiger partial charge on any atom is 0.323 e. The van der Waals surface area contributed by atoms with Crippen LogP contribution >= 0.6 is 0 Å². The lowest BCUT2D eigenvalue weighted by atomic mass is 9.85. The van der Waals surface area contributed by atoms with E-state index in [1.54, 1.807) is 0 Å². The molecule has 108 valence electrons. The molecule has 3 nitrogen and oxygen atoms in total. The number of rotatable bonds is 2. The highest BCUT2D eigenvalue weighted by Gasteiger charge is 2.39. The van der Waals surface area contributed by atoms with E-state index in [9.17, 15) is 4.79 Å². The Morgan fingerprint density at radius 3 is 2.68 bits per heavy atom. The van der Waals surface area contributed by atoms with E-state index >= 15 is 0 Å². The zero-order valence-corrected chi connectivity index (χ0v) is 12.1. The average Bonchev–Trinajstić information content (AvgIpc) is 2.82. The van der Waals surface area contributed by atoms with Gasteiger partial charge in [-0.05, 0) is 50.4 Å². The SMILES string of the molecule is CC1CCCC(OC(=O)C2CC3CCCCC3N2)C1. The predicted octanol–water partition coefficient (Wildman–Crippen LogP) is 3.03. The van der Waals surface area contributed by atoms with Gasteiger partial charge < -0.3 is 10.1 Å². The smallest absolute Gasteiger partial charge is 0.323 e. The highest BCUT2D eigenvalue weighted by atomic mass is 16.5. The summed E-state index contributed by atoms with van der Waals surface area (Å²) >= 11 is 0. The molecule has 1 N–H and O–H groups in total. The second-order valence-corrected chi connectivity index (χ2v) is 6.94. The van der Waals surface area contributed by atoms with Crippen LogP contribution in [0.15, 0.2) is 0 Å². The zero-order valence-electron chi connectivity index (χ0n) is 12.1. The van der Waals surface area contributed by atoms with Crippen molar-refractivity contribution < 1.29 is 9.53 Å². The van der Waals surface area contributed by atoms with E-state index in [-0.39, 0.29) is 18.1 Å². The number of esters is 1. The van der Waals surface area contributed by atoms with Crippen molar-refractivity contribution in [3.63, 3.8) is 0 Å². The fourth-order valence-electron chi connectivity index (χ4n) is 4.23. The molecular weight excluding hydrogens is 238 g/mol. The first-order valence-electron chi connectivity index (χ1n) is 8.19. The van der Waals surface area contributed by atoms with E-state index in [4.69, 9.17) is 4.74 Å². The molecule has 5 unspecified atom stereocenters. The summed E-state index contributed by atoms with van der Waals surface area (Å²) < 4.78 is 5.75. The summed E-state index contributed by atoms with van der Waals surface area (Å²) in [6.45, 7) is 2.27. The van der Waals surface area contributed by atoms with Gasteiger partial charge in [-0.25, -0.2) is 0 Å². The minimum Gasteiger partial charge on any atom is -0.461 e. The summed E-state index contributed by atoms with van der Waals surface area (Å²) in [5, 5.41) is 3.52. The van der Waals surface area contributed by atoms with Gasteiger partial charge in [-0.15, -0.1) is 0 Å². The van der Waals surface area contributed by atoms with Gasteiger partial charge in [0.2, 0.25) is 0 Å². The molecule has 19 heavy (non-hydrogen) atoms. The third kappa shape index (κ3) is 3.13. The van der Waals surface area contributed by atoms with Gasteiger partial charge in [0.1, 0.15) is 12.1 Å². The minimum absolute atomic E-state index is 0.0218. The molecule has 2 saturated carbocycles. The lowest BCUT2D eigenvalue weighted by molar-refractivity contribution is -0.153. The van der Waals surface area contributed by atoms with E-state index in [1.807, 2.05) is 0 Å². The minimum atomic E-state index is -0.0228. The normalized spacial score (nSPS) is 42.7. The van der Waals surface area contributed by atoms with Gasteiger partial charge in [-0.3, -0.25) is 4.79 Å². The average molecular weight is 265 g/mol. The van der Waals surface area contributed by atoms with Gasteiger partial charge in [0, 0.05) is 6.04 Å². The molecule has 0 amide bonds. The van der Waals surface area contributed by atoms with E-state index in [1.165, 1.54) is 38.5 Å². The first-order chi connectivity index (χ1) is 9.22. The van der Waals surface area contributed by atoms with Crippen molar-refractivity contribution in [3.05, 3.63) is 0 Å². The summed E-state index contributed by atoms with van der Waals surface area (Å²) in [4.78, 5) is 12.3. The lowest BCUT2D eigenvalue weighted by Crippen LogP contribution is -2.39. The largest absolute Gasteiger partial charge is 0.461 e. The number of hydrogen-bond donors (Lipinski definition) is 1. The van der Waals surface area contributed by atoms with Gasteiger partial charge in [0.05, 0.1) is 0 Å². The highest BCUT2D eigenvalue weighted by Crippen LogP contribution is 2.34. The van der Waals surface area contributed by atoms with Crippen LogP contribution < -0.4 is 5.32 Å². The number of hydrogen-bond acceptors (Lipinski definition) is 3. The Balaban J connectivity index is 1.50. The molecule has 0 radical (unpaired) electrons. The number of fused-ring (bicyclic) bond motifs is 1. The van der Waals surface area contributed by atoms with Crippen molar-refractivity contribution in [3.8, 4) is 0 Å². The molecule has 0 aromatic heterocycles. The van der Waals surface area contributed by atoms with Gasteiger partial charge in [-0.1, -0.05) is 26.2 Å². The lowest BCUT2D eigenvalue weighted by Gasteiger charge is -2.27. The zero-order chi connectivity index (χ0) is 13.2. The molecule has 3 fully saturated rings. The molecular formula is C16H27NO2. The van der Waals surface area contributed by atoms with Crippen molar-refractivity contribution in [2.75, 3.05) is 0 Å². The quantitative estimate of drug-likeness (QED) is 0.780. The maximum atomic E-state index is 12.3. The Labute approximate surface area is 116 Å². The fourth-order valence-corrected chi connectivity index (χ4v) is 4.23. The topological polar surface area (TPSA) is 38.3 Å². The van der Waals surface area contributed by atoms with Crippen LogP contribution in [0.5, 0.6) is 0 Å². The summed E-state index contributed by atoms with van der Waals surface area (Å²) in [6, 6.07) is 0.557. The van der Waals surface area contributed by atoms with Crippen molar-refractivity contribution in [1.29, 1.82) is 0 Å². The molecule has 0 bridgehead atoms. The summed E-state index contributed by atoms with van der Waals surface area (Å²) in [5.41, 5.74) is 0. The molecule has 1 aliphatic heterocycles. The van der Waals surface area contributed by atoms with E-state index in [0.717, 1.165) is 25.2 Å². The first-order valence-corrected chi connectivity index (χ1v) is 8.19. The predicted molar refractivity (Wildman–Crippen MR) is 74.8 cm³/mol. The summed E-state index contributed by atoms with van der Waals surface area (Å²) in [7, 11) is 0. The Morgan fingerprint density at radius 2 is 1.89 bits per heavy atom. The Hall–Kier alpha value is -0.570. The number of carbonyl (C=O) groups is 1. The van der Waals surface area contributed by atoms with Crippen LogP contribution in [0.25, 0.3) is 0 Å². The van der Waals surface area contributed by atoms with Gasteiger partial charge in [0.25, 0.3) is 0 Å². The summed E-state index contributed by atoms with van der Waals surface area (Å²) in [6.07, 6.45) is 11.0. The molecule has 3 heteroatoms. The summed E-state index contributed by atoms with van der Waals surface area (Å²) in [5.74, 6) is 1.45. The first kappa shape index (κ1) is 13.4. The van der Waals surface area contributed by atoms with Crippen molar-refractivity contribution >= 4 is 5.97 Å².